The molecule has 3 nitrogen and oxygen atoms in total. The molecule has 0 saturated carbocycles. The van der Waals surface area contributed by atoms with E-state index in [0.29, 0.717) is 12.0 Å². The maximum absolute atomic E-state index is 14.4. The van der Waals surface area contributed by atoms with Gasteiger partial charge < -0.3 is 0 Å². The zero-order valence-corrected chi connectivity index (χ0v) is 16.3. The predicted octanol–water partition coefficient (Wildman–Crippen LogP) is 6.23. The lowest BCUT2D eigenvalue weighted by atomic mass is 10.1. The van der Waals surface area contributed by atoms with Crippen molar-refractivity contribution in [2.75, 3.05) is 0 Å². The van der Waals surface area contributed by atoms with Gasteiger partial charge in [-0.05, 0) is 35.3 Å². The van der Waals surface area contributed by atoms with Crippen LogP contribution in [0, 0.1) is 0 Å². The zero-order chi connectivity index (χ0) is 21.7. The summed E-state index contributed by atoms with van der Waals surface area (Å²) in [5.41, 5.74) is -11.1. The molecule has 0 bridgehead atoms. The van der Waals surface area contributed by atoms with Crippen molar-refractivity contribution in [3.63, 3.8) is 0 Å². The number of aryl methyl sites for hydroxylation is 1. The Morgan fingerprint density at radius 3 is 2.10 bits per heavy atom. The Hall–Kier alpha value is -1.98. The van der Waals surface area contributed by atoms with E-state index in [2.05, 4.69) is 3.63 Å². The number of benzene rings is 2. The minimum Gasteiger partial charge on any atom is -0.196 e. The average molecular weight is 456 g/mol. The maximum Gasteiger partial charge on any atom is 0.523 e. The fourth-order valence-electron chi connectivity index (χ4n) is 2.90. The first-order valence-corrected chi connectivity index (χ1v) is 11.1. The molecule has 0 aromatic heterocycles. The Morgan fingerprint density at radius 2 is 1.59 bits per heavy atom. The third-order valence-corrected chi connectivity index (χ3v) is 8.95. The largest absolute Gasteiger partial charge is 0.523 e. The Kier molecular flexibility index (Phi) is 5.29. The topological polar surface area (TPSA) is 43.4 Å². The van der Waals surface area contributed by atoms with E-state index in [1.165, 1.54) is 42.5 Å². The quantitative estimate of drug-likeness (QED) is 0.405. The minimum atomic E-state index is -6.55. The van der Waals surface area contributed by atoms with Crippen molar-refractivity contribution < 1.29 is 38.4 Å². The van der Waals surface area contributed by atoms with E-state index in [4.69, 9.17) is 0 Å². The van der Waals surface area contributed by atoms with E-state index in [-0.39, 0.29) is 11.1 Å². The van der Waals surface area contributed by atoms with Gasteiger partial charge in [-0.25, -0.2) is 0 Å². The monoisotopic (exact) mass is 456 g/mol. The zero-order valence-electron chi connectivity index (χ0n) is 14.7. The highest BCUT2D eigenvalue weighted by Crippen LogP contribution is 2.80. The minimum absolute atomic E-state index is 0.0363. The summed E-state index contributed by atoms with van der Waals surface area (Å²) in [5.74, 6) is 0. The van der Waals surface area contributed by atoms with E-state index in [1.54, 1.807) is 6.92 Å². The SMILES string of the molecule is CCc1ccc2c(c1)S(OS(=O)(=O)C(F)(F)F)(C(F)(F)F)C(c1ccccc1)=C2. The van der Waals surface area contributed by atoms with Crippen LogP contribution >= 0.6 is 10.3 Å². The summed E-state index contributed by atoms with van der Waals surface area (Å²) in [7, 11) is -11.6. The lowest BCUT2D eigenvalue weighted by molar-refractivity contribution is -0.0543. The summed E-state index contributed by atoms with van der Waals surface area (Å²) in [6, 6.07) is 10.7. The molecule has 2 aromatic rings. The van der Waals surface area contributed by atoms with Gasteiger partial charge in [0.2, 0.25) is 0 Å². The molecular formula is C18H14F6O3S2. The van der Waals surface area contributed by atoms with Crippen LogP contribution in [0.3, 0.4) is 0 Å². The summed E-state index contributed by atoms with van der Waals surface area (Å²) < 4.78 is 110. The first kappa shape index (κ1) is 21.7. The van der Waals surface area contributed by atoms with Crippen molar-refractivity contribution in [2.24, 2.45) is 0 Å². The molecule has 158 valence electrons. The highest BCUT2D eigenvalue weighted by molar-refractivity contribution is 8.41. The van der Waals surface area contributed by atoms with Crippen molar-refractivity contribution in [3.05, 3.63) is 65.2 Å². The second-order valence-corrected chi connectivity index (χ2v) is 10.4. The molecule has 0 saturated heterocycles. The summed E-state index contributed by atoms with van der Waals surface area (Å²) in [6.07, 6.45) is 1.34. The molecule has 0 N–H and O–H groups in total. The van der Waals surface area contributed by atoms with Crippen LogP contribution < -0.4 is 0 Å². The molecule has 0 fully saturated rings. The van der Waals surface area contributed by atoms with Gasteiger partial charge in [0.1, 0.15) is 0 Å². The van der Waals surface area contributed by atoms with Crippen molar-refractivity contribution in [3.8, 4) is 0 Å². The molecule has 1 unspecified atom stereocenters. The summed E-state index contributed by atoms with van der Waals surface area (Å²) in [4.78, 5) is -1.27. The standard InChI is InChI=1S/C18H14F6O3S2/c1-2-12-8-9-14-11-16(13-6-4-3-5-7-13)28(15(14)10-12,17(19,20)21)27-29(25,26)18(22,23)24/h3-11H,2H2,1H3. The first-order chi connectivity index (χ1) is 13.3. The maximum atomic E-state index is 14.4. The molecule has 2 aromatic carbocycles. The molecule has 0 aliphatic carbocycles. The number of hydrogen-bond acceptors (Lipinski definition) is 3. The van der Waals surface area contributed by atoms with E-state index in [0.717, 1.165) is 12.1 Å². The molecule has 11 heteroatoms. The predicted molar refractivity (Wildman–Crippen MR) is 98.1 cm³/mol. The summed E-state index contributed by atoms with van der Waals surface area (Å²) >= 11 is 0. The van der Waals surface area contributed by atoms with Gasteiger partial charge in [0, 0.05) is 20.1 Å². The molecule has 1 aliphatic heterocycles. The van der Waals surface area contributed by atoms with Gasteiger partial charge in [0.05, 0.1) is 0 Å². The van der Waals surface area contributed by atoms with E-state index in [9.17, 15) is 34.8 Å². The molecule has 3 rings (SSSR count). The van der Waals surface area contributed by atoms with Crippen molar-refractivity contribution in [1.29, 1.82) is 0 Å². The normalized spacial score (nSPS) is 22.0. The third-order valence-electron chi connectivity index (χ3n) is 4.25. The number of alkyl halides is 6. The molecular weight excluding hydrogens is 442 g/mol. The highest BCUT2D eigenvalue weighted by atomic mass is 32.3. The lowest BCUT2D eigenvalue weighted by Crippen LogP contribution is -2.32. The van der Waals surface area contributed by atoms with E-state index < -0.39 is 41.2 Å². The summed E-state index contributed by atoms with van der Waals surface area (Å²) in [6.45, 7) is 1.65. The molecule has 0 spiro atoms. The van der Waals surface area contributed by atoms with Gasteiger partial charge in [0.25, 0.3) is 0 Å². The van der Waals surface area contributed by atoms with Gasteiger partial charge in [-0.15, -0.1) is 0 Å². The van der Waals surface area contributed by atoms with Crippen molar-refractivity contribution in [1.82, 2.24) is 0 Å². The van der Waals surface area contributed by atoms with Crippen LogP contribution in [-0.2, 0) is 20.2 Å². The van der Waals surface area contributed by atoms with Crippen LogP contribution in [0.2, 0.25) is 0 Å². The Bertz CT molecular complexity index is 1060. The van der Waals surface area contributed by atoms with Crippen LogP contribution in [0.1, 0.15) is 23.6 Å². The Morgan fingerprint density at radius 1 is 0.966 bits per heavy atom. The fraction of sp³-hybridized carbons (Fsp3) is 0.222. The van der Waals surface area contributed by atoms with Gasteiger partial charge in [-0.3, -0.25) is 0 Å². The molecule has 1 atom stereocenters. The Labute approximate surface area is 164 Å². The molecule has 1 heterocycles. The smallest absolute Gasteiger partial charge is 0.196 e. The molecule has 1 aliphatic rings. The van der Waals surface area contributed by atoms with Gasteiger partial charge >= 0.3 is 21.1 Å². The average Bonchev–Trinajstić information content (AvgIpc) is 2.95. The number of fused-ring (bicyclic) bond motifs is 1. The third kappa shape index (κ3) is 3.55. The lowest BCUT2D eigenvalue weighted by Gasteiger charge is -2.39. The second-order valence-electron chi connectivity index (χ2n) is 6.07. The Balaban J connectivity index is 2.37. The summed E-state index contributed by atoms with van der Waals surface area (Å²) in [5, 5.41) is 0. The number of hydrogen-bond donors (Lipinski definition) is 0. The van der Waals surface area contributed by atoms with Gasteiger partial charge in [0.15, 0.2) is 0 Å². The number of rotatable bonds is 4. The molecule has 0 amide bonds. The van der Waals surface area contributed by atoms with Crippen molar-refractivity contribution in [2.45, 2.75) is 29.3 Å². The molecule has 29 heavy (non-hydrogen) atoms. The van der Waals surface area contributed by atoms with Crippen LogP contribution in [-0.4, -0.2) is 19.4 Å². The highest BCUT2D eigenvalue weighted by Gasteiger charge is 2.64. The van der Waals surface area contributed by atoms with Crippen molar-refractivity contribution >= 4 is 31.4 Å². The van der Waals surface area contributed by atoms with Crippen LogP contribution in [0.15, 0.2) is 53.4 Å². The number of halogens is 6. The van der Waals surface area contributed by atoms with Crippen LogP contribution in [0.25, 0.3) is 11.0 Å². The van der Waals surface area contributed by atoms with E-state index >= 15 is 0 Å². The fourth-order valence-corrected chi connectivity index (χ4v) is 7.45. The van der Waals surface area contributed by atoms with E-state index in [1.807, 2.05) is 0 Å². The van der Waals surface area contributed by atoms with Crippen LogP contribution in [0.5, 0.6) is 0 Å². The van der Waals surface area contributed by atoms with Crippen LogP contribution in [0.4, 0.5) is 26.3 Å². The second kappa shape index (κ2) is 7.06. The van der Waals surface area contributed by atoms with Gasteiger partial charge in [-0.2, -0.15) is 38.4 Å². The van der Waals surface area contributed by atoms with Gasteiger partial charge in [-0.1, -0.05) is 49.4 Å². The molecule has 0 radical (unpaired) electrons. The first-order valence-electron chi connectivity index (χ1n) is 8.15.